The third kappa shape index (κ3) is 4.94. The molecule has 1 saturated heterocycles. The van der Waals surface area contributed by atoms with Crippen molar-refractivity contribution in [2.45, 2.75) is 50.2 Å². The number of aliphatic hydroxyl groups is 1. The van der Waals surface area contributed by atoms with Gasteiger partial charge in [0.05, 0.1) is 10.7 Å². The van der Waals surface area contributed by atoms with Crippen LogP contribution in [0.2, 0.25) is 0 Å². The number of hydrogen-bond donors (Lipinski definition) is 1. The summed E-state index contributed by atoms with van der Waals surface area (Å²) >= 11 is 4.21. The summed E-state index contributed by atoms with van der Waals surface area (Å²) in [4.78, 5) is 0. The molecule has 0 aromatic carbocycles. The molecule has 1 fully saturated rings. The van der Waals surface area contributed by atoms with E-state index in [1.807, 2.05) is 0 Å². The van der Waals surface area contributed by atoms with Crippen LogP contribution in [0.5, 0.6) is 0 Å². The Labute approximate surface area is 96.4 Å². The Bertz CT molecular complexity index is 144. The van der Waals surface area contributed by atoms with Crippen LogP contribution >= 0.6 is 23.5 Å². The van der Waals surface area contributed by atoms with E-state index >= 15 is 0 Å². The fourth-order valence-electron chi connectivity index (χ4n) is 1.53. The highest BCUT2D eigenvalue weighted by molar-refractivity contribution is 8.17. The minimum absolute atomic E-state index is 0.0893. The summed E-state index contributed by atoms with van der Waals surface area (Å²) in [7, 11) is 0. The molecular formula is C11H22OS2. The highest BCUT2D eigenvalue weighted by Crippen LogP contribution is 2.34. The van der Waals surface area contributed by atoms with Gasteiger partial charge in [0.1, 0.15) is 0 Å². The summed E-state index contributed by atoms with van der Waals surface area (Å²) in [5, 5.41) is 9.64. The topological polar surface area (TPSA) is 20.2 Å². The molecule has 1 nitrogen and oxygen atoms in total. The van der Waals surface area contributed by atoms with Crippen molar-refractivity contribution >= 4 is 23.5 Å². The first kappa shape index (κ1) is 12.7. The first-order chi connectivity index (χ1) is 6.70. The summed E-state index contributed by atoms with van der Waals surface area (Å²) in [5.41, 5.74) is 0. The van der Waals surface area contributed by atoms with Gasteiger partial charge >= 0.3 is 0 Å². The van der Waals surface area contributed by atoms with Gasteiger partial charge in [-0.3, -0.25) is 0 Å². The quantitative estimate of drug-likeness (QED) is 0.787. The Balaban J connectivity index is 2.02. The molecule has 0 aromatic rings. The van der Waals surface area contributed by atoms with E-state index in [9.17, 15) is 5.11 Å². The zero-order valence-electron chi connectivity index (χ0n) is 9.24. The molecule has 0 aliphatic carbocycles. The van der Waals surface area contributed by atoms with Gasteiger partial charge in [0.2, 0.25) is 0 Å². The van der Waals surface area contributed by atoms with Gasteiger partial charge in [0.25, 0.3) is 0 Å². The largest absolute Gasteiger partial charge is 0.393 e. The molecule has 1 aliphatic rings. The molecule has 0 aromatic heterocycles. The lowest BCUT2D eigenvalue weighted by Gasteiger charge is -2.21. The molecule has 1 heterocycles. The zero-order chi connectivity index (χ0) is 10.4. The van der Waals surface area contributed by atoms with Crippen LogP contribution in [0.25, 0.3) is 0 Å². The van der Waals surface area contributed by atoms with Crippen molar-refractivity contribution in [3.8, 4) is 0 Å². The van der Waals surface area contributed by atoms with Crippen LogP contribution in [-0.2, 0) is 0 Å². The van der Waals surface area contributed by atoms with Crippen molar-refractivity contribution in [2.24, 2.45) is 5.92 Å². The van der Waals surface area contributed by atoms with Crippen molar-refractivity contribution < 1.29 is 5.11 Å². The average molecular weight is 234 g/mol. The second kappa shape index (κ2) is 7.02. The molecule has 3 heteroatoms. The van der Waals surface area contributed by atoms with E-state index in [2.05, 4.69) is 37.4 Å². The predicted molar refractivity (Wildman–Crippen MR) is 68.0 cm³/mol. The minimum Gasteiger partial charge on any atom is -0.393 e. The fourth-order valence-corrected chi connectivity index (χ4v) is 4.49. The number of rotatable bonds is 5. The van der Waals surface area contributed by atoms with Crippen LogP contribution in [0.15, 0.2) is 0 Å². The second-order valence-electron chi connectivity index (χ2n) is 4.27. The van der Waals surface area contributed by atoms with Gasteiger partial charge in [0.15, 0.2) is 0 Å². The molecular weight excluding hydrogens is 212 g/mol. The van der Waals surface area contributed by atoms with Crippen molar-refractivity contribution in [1.29, 1.82) is 0 Å². The molecule has 84 valence electrons. The van der Waals surface area contributed by atoms with Crippen molar-refractivity contribution in [1.82, 2.24) is 0 Å². The maximum Gasteiger partial charge on any atom is 0.0563 e. The van der Waals surface area contributed by atoms with E-state index in [0.29, 0.717) is 5.92 Å². The van der Waals surface area contributed by atoms with Crippen LogP contribution < -0.4 is 0 Å². The Hall–Kier alpha value is 0.660. The Morgan fingerprint density at radius 3 is 2.50 bits per heavy atom. The van der Waals surface area contributed by atoms with E-state index in [-0.39, 0.29) is 6.10 Å². The Morgan fingerprint density at radius 2 is 1.93 bits per heavy atom. The SMILES string of the molecule is CC(C)C(O)CCCC1SCCCS1. The number of thioether (sulfide) groups is 2. The average Bonchev–Trinajstić information content (AvgIpc) is 2.19. The smallest absolute Gasteiger partial charge is 0.0563 e. The third-order valence-corrected chi connectivity index (χ3v) is 5.69. The molecule has 1 N–H and O–H groups in total. The number of aliphatic hydroxyl groups excluding tert-OH is 1. The normalized spacial score (nSPS) is 21.4. The van der Waals surface area contributed by atoms with Gasteiger partial charge in [-0.15, -0.1) is 23.5 Å². The lowest BCUT2D eigenvalue weighted by atomic mass is 10.0. The van der Waals surface area contributed by atoms with Gasteiger partial charge in [-0.2, -0.15) is 0 Å². The Kier molecular flexibility index (Phi) is 6.38. The molecule has 14 heavy (non-hydrogen) atoms. The monoisotopic (exact) mass is 234 g/mol. The van der Waals surface area contributed by atoms with Crippen molar-refractivity contribution in [3.63, 3.8) is 0 Å². The lowest BCUT2D eigenvalue weighted by Crippen LogP contribution is -2.15. The van der Waals surface area contributed by atoms with Crippen LogP contribution in [0.1, 0.15) is 39.5 Å². The highest BCUT2D eigenvalue weighted by atomic mass is 32.2. The summed E-state index contributed by atoms with van der Waals surface area (Å²) in [6.45, 7) is 4.18. The second-order valence-corrected chi connectivity index (χ2v) is 7.19. The zero-order valence-corrected chi connectivity index (χ0v) is 10.9. The molecule has 0 radical (unpaired) electrons. The summed E-state index contributed by atoms with van der Waals surface area (Å²) in [5.74, 6) is 3.09. The molecule has 1 unspecified atom stereocenters. The van der Waals surface area contributed by atoms with Gasteiger partial charge in [-0.1, -0.05) is 13.8 Å². The summed E-state index contributed by atoms with van der Waals surface area (Å²) in [6.07, 6.45) is 4.73. The maximum absolute atomic E-state index is 9.64. The van der Waals surface area contributed by atoms with E-state index in [1.165, 1.54) is 30.8 Å². The molecule has 0 amide bonds. The Morgan fingerprint density at radius 1 is 1.29 bits per heavy atom. The van der Waals surface area contributed by atoms with Crippen LogP contribution in [0, 0.1) is 5.92 Å². The van der Waals surface area contributed by atoms with Crippen LogP contribution in [0.4, 0.5) is 0 Å². The van der Waals surface area contributed by atoms with E-state index in [0.717, 1.165) is 11.0 Å². The van der Waals surface area contributed by atoms with E-state index < -0.39 is 0 Å². The lowest BCUT2D eigenvalue weighted by molar-refractivity contribution is 0.113. The standard InChI is InChI=1S/C11H22OS2/c1-9(2)10(12)5-3-6-11-13-7-4-8-14-11/h9-12H,3-8H2,1-2H3. The molecule has 0 bridgehead atoms. The third-order valence-electron chi connectivity index (χ3n) is 2.61. The van der Waals surface area contributed by atoms with Crippen molar-refractivity contribution in [3.05, 3.63) is 0 Å². The van der Waals surface area contributed by atoms with Gasteiger partial charge in [0, 0.05) is 0 Å². The molecule has 1 atom stereocenters. The molecule has 1 aliphatic heterocycles. The van der Waals surface area contributed by atoms with E-state index in [4.69, 9.17) is 0 Å². The number of hydrogen-bond acceptors (Lipinski definition) is 3. The van der Waals surface area contributed by atoms with Gasteiger partial charge < -0.3 is 5.11 Å². The minimum atomic E-state index is -0.0893. The van der Waals surface area contributed by atoms with Crippen LogP contribution in [0.3, 0.4) is 0 Å². The first-order valence-electron chi connectivity index (χ1n) is 5.61. The van der Waals surface area contributed by atoms with Gasteiger partial charge in [-0.05, 0) is 43.1 Å². The molecule has 0 saturated carbocycles. The maximum atomic E-state index is 9.64. The molecule has 1 rings (SSSR count). The fraction of sp³-hybridized carbons (Fsp3) is 1.00. The van der Waals surface area contributed by atoms with Crippen LogP contribution in [-0.4, -0.2) is 27.3 Å². The first-order valence-corrected chi connectivity index (χ1v) is 7.71. The van der Waals surface area contributed by atoms with E-state index in [1.54, 1.807) is 0 Å². The van der Waals surface area contributed by atoms with Crippen molar-refractivity contribution in [2.75, 3.05) is 11.5 Å². The van der Waals surface area contributed by atoms with Gasteiger partial charge in [-0.25, -0.2) is 0 Å². The summed E-state index contributed by atoms with van der Waals surface area (Å²) in [6, 6.07) is 0. The highest BCUT2D eigenvalue weighted by Gasteiger charge is 2.15. The summed E-state index contributed by atoms with van der Waals surface area (Å²) < 4.78 is 0.808. The molecule has 0 spiro atoms. The predicted octanol–water partition coefficient (Wildman–Crippen LogP) is 3.37.